The quantitative estimate of drug-likeness (QED) is 0.252. The van der Waals surface area contributed by atoms with E-state index in [1.165, 1.54) is 13.2 Å². The minimum Gasteiger partial charge on any atom is -0.488 e. The van der Waals surface area contributed by atoms with Crippen LogP contribution in [0.1, 0.15) is 21.8 Å². The highest BCUT2D eigenvalue weighted by Crippen LogP contribution is 2.27. The Morgan fingerprint density at radius 2 is 1.92 bits per heavy atom. The van der Waals surface area contributed by atoms with E-state index in [0.29, 0.717) is 43.7 Å². The second-order valence-electron chi connectivity index (χ2n) is 8.06. The van der Waals surface area contributed by atoms with E-state index >= 15 is 0 Å². The van der Waals surface area contributed by atoms with E-state index in [1.54, 1.807) is 18.0 Å². The first kappa shape index (κ1) is 27.0. The molecule has 0 unspecified atom stereocenters. The third-order valence-corrected chi connectivity index (χ3v) is 6.30. The number of rotatable bonds is 13. The molecule has 0 aliphatic carbocycles. The first-order valence-corrected chi connectivity index (χ1v) is 12.6. The number of aromatic nitrogens is 4. The highest BCUT2D eigenvalue weighted by atomic mass is 32.1. The van der Waals surface area contributed by atoms with Gasteiger partial charge in [-0.3, -0.25) is 10.1 Å². The average Bonchev–Trinajstić information content (AvgIpc) is 3.56. The molecule has 0 radical (unpaired) electrons. The Kier molecular flexibility index (Phi) is 9.19. The monoisotopic (exact) mass is 540 g/mol. The summed E-state index contributed by atoms with van der Waals surface area (Å²) in [5.41, 5.74) is 1.52. The van der Waals surface area contributed by atoms with Gasteiger partial charge in [-0.05, 0) is 18.6 Å². The van der Waals surface area contributed by atoms with Gasteiger partial charge in [0.05, 0.1) is 32.6 Å². The van der Waals surface area contributed by atoms with Gasteiger partial charge in [-0.1, -0.05) is 41.7 Å². The van der Waals surface area contributed by atoms with Crippen LogP contribution in [0.15, 0.2) is 57.9 Å². The van der Waals surface area contributed by atoms with E-state index in [9.17, 15) is 9.59 Å². The van der Waals surface area contributed by atoms with Crippen LogP contribution in [-0.4, -0.2) is 66.4 Å². The Morgan fingerprint density at radius 1 is 1.13 bits per heavy atom. The van der Waals surface area contributed by atoms with Crippen molar-refractivity contribution in [2.45, 2.75) is 13.5 Å². The molecule has 3 aromatic heterocycles. The first-order valence-electron chi connectivity index (χ1n) is 11.7. The van der Waals surface area contributed by atoms with Crippen molar-refractivity contribution in [3.05, 3.63) is 76.1 Å². The fourth-order valence-corrected chi connectivity index (χ4v) is 4.34. The third-order valence-electron chi connectivity index (χ3n) is 5.49. The van der Waals surface area contributed by atoms with Crippen molar-refractivity contribution < 1.29 is 23.4 Å². The minimum atomic E-state index is -0.784. The van der Waals surface area contributed by atoms with Gasteiger partial charge in [0.15, 0.2) is 5.76 Å². The fraction of sp³-hybridized carbons (Fsp3) is 0.320. The molecule has 0 bridgehead atoms. The van der Waals surface area contributed by atoms with Gasteiger partial charge in [0, 0.05) is 38.2 Å². The number of hydrogen-bond donors (Lipinski definition) is 1. The Bertz CT molecular complexity index is 1400. The lowest BCUT2D eigenvalue weighted by atomic mass is 10.2. The van der Waals surface area contributed by atoms with Gasteiger partial charge in [0.2, 0.25) is 16.0 Å². The summed E-state index contributed by atoms with van der Waals surface area (Å²) in [6.45, 7) is 3.91. The molecule has 38 heavy (non-hydrogen) atoms. The summed E-state index contributed by atoms with van der Waals surface area (Å²) < 4.78 is 23.3. The predicted octanol–water partition coefficient (Wildman–Crippen LogP) is 2.92. The molecule has 12 nitrogen and oxygen atoms in total. The summed E-state index contributed by atoms with van der Waals surface area (Å²) in [5.74, 6) is -0.878. The van der Waals surface area contributed by atoms with E-state index in [-0.39, 0.29) is 16.6 Å². The molecule has 3 heterocycles. The highest BCUT2D eigenvalue weighted by molar-refractivity contribution is 7.17. The Hall–Kier alpha value is -4.07. The Balaban J connectivity index is 1.51. The van der Waals surface area contributed by atoms with Crippen molar-refractivity contribution in [3.8, 4) is 10.9 Å². The normalized spacial score (nSPS) is 10.9. The SMILES string of the molecule is COCCN(CCOCc1ccccc1)c1cc(C(=O)Nc2nnc(-n3nccc3C)s2)oc(=O)c1OC. The van der Waals surface area contributed by atoms with Crippen molar-refractivity contribution >= 4 is 28.1 Å². The maximum atomic E-state index is 13.0. The molecule has 0 saturated carbocycles. The first-order chi connectivity index (χ1) is 18.5. The number of nitrogens with one attached hydrogen (secondary N) is 1. The van der Waals surface area contributed by atoms with Crippen LogP contribution >= 0.6 is 11.3 Å². The van der Waals surface area contributed by atoms with E-state index in [4.69, 9.17) is 18.6 Å². The van der Waals surface area contributed by atoms with E-state index in [2.05, 4.69) is 20.6 Å². The number of hydrogen-bond acceptors (Lipinski definition) is 11. The summed E-state index contributed by atoms with van der Waals surface area (Å²) in [4.78, 5) is 27.6. The minimum absolute atomic E-state index is 0.0203. The number of nitrogens with zero attached hydrogens (tertiary/aromatic N) is 5. The van der Waals surface area contributed by atoms with Crippen molar-refractivity contribution in [3.63, 3.8) is 0 Å². The molecular weight excluding hydrogens is 512 g/mol. The van der Waals surface area contributed by atoms with Crippen molar-refractivity contribution in [2.75, 3.05) is 50.7 Å². The molecular formula is C25H28N6O6S. The van der Waals surface area contributed by atoms with Gasteiger partial charge >= 0.3 is 5.63 Å². The average molecular weight is 541 g/mol. The molecule has 1 aromatic carbocycles. The third kappa shape index (κ3) is 6.62. The van der Waals surface area contributed by atoms with Gasteiger partial charge in [0.25, 0.3) is 5.91 Å². The van der Waals surface area contributed by atoms with Crippen LogP contribution in [0.4, 0.5) is 10.8 Å². The number of carbonyl (C=O) groups excluding carboxylic acids is 1. The standard InChI is InChI=1S/C25H28N6O6S/c1-17-9-10-26-31(17)25-29-28-24(38-25)27-22(32)20-15-19(21(35-3)23(33)37-20)30(11-13-34-2)12-14-36-16-18-7-5-4-6-8-18/h4-10,15H,11-14,16H2,1-3H3,(H,27,28,32). The van der Waals surface area contributed by atoms with Crippen LogP contribution in [0, 0.1) is 6.92 Å². The van der Waals surface area contributed by atoms with E-state index in [1.807, 2.05) is 48.2 Å². The van der Waals surface area contributed by atoms with Gasteiger partial charge < -0.3 is 23.5 Å². The maximum Gasteiger partial charge on any atom is 0.381 e. The van der Waals surface area contributed by atoms with Crippen LogP contribution < -0.4 is 20.6 Å². The number of ether oxygens (including phenoxy) is 3. The highest BCUT2D eigenvalue weighted by Gasteiger charge is 2.22. The molecule has 0 spiro atoms. The molecule has 1 amide bonds. The topological polar surface area (TPSA) is 134 Å². The zero-order chi connectivity index (χ0) is 26.9. The lowest BCUT2D eigenvalue weighted by Gasteiger charge is -2.25. The number of amides is 1. The second kappa shape index (κ2) is 12.9. The number of aryl methyl sites for hydroxylation is 1. The summed E-state index contributed by atoms with van der Waals surface area (Å²) >= 11 is 1.13. The molecule has 0 aliphatic rings. The number of carbonyl (C=O) groups is 1. The zero-order valence-corrected chi connectivity index (χ0v) is 22.1. The summed E-state index contributed by atoms with van der Waals surface area (Å²) in [6.07, 6.45) is 1.64. The predicted molar refractivity (Wildman–Crippen MR) is 141 cm³/mol. The Morgan fingerprint density at radius 3 is 2.63 bits per heavy atom. The van der Waals surface area contributed by atoms with Gasteiger partial charge in [0.1, 0.15) is 0 Å². The molecule has 0 fully saturated rings. The van der Waals surface area contributed by atoms with Crippen LogP contribution in [0.2, 0.25) is 0 Å². The molecule has 4 aromatic rings. The summed E-state index contributed by atoms with van der Waals surface area (Å²) in [6, 6.07) is 13.1. The molecule has 0 saturated heterocycles. The molecule has 1 N–H and O–H groups in total. The second-order valence-corrected chi connectivity index (χ2v) is 9.02. The van der Waals surface area contributed by atoms with E-state index in [0.717, 1.165) is 22.6 Å². The van der Waals surface area contributed by atoms with Gasteiger partial charge in [-0.2, -0.15) is 5.10 Å². The molecule has 0 atom stereocenters. The number of anilines is 2. The molecule has 200 valence electrons. The fourth-order valence-electron chi connectivity index (χ4n) is 3.58. The zero-order valence-electron chi connectivity index (χ0n) is 21.2. The van der Waals surface area contributed by atoms with Gasteiger partial charge in [-0.25, -0.2) is 9.48 Å². The van der Waals surface area contributed by atoms with Crippen molar-refractivity contribution in [1.29, 1.82) is 0 Å². The molecule has 13 heteroatoms. The van der Waals surface area contributed by atoms with Crippen LogP contribution in [0.5, 0.6) is 5.75 Å². The molecule has 0 aliphatic heterocycles. The maximum absolute atomic E-state index is 13.0. The Labute approximate surface area is 222 Å². The van der Waals surface area contributed by atoms with Crippen LogP contribution in [0.3, 0.4) is 0 Å². The number of methoxy groups -OCH3 is 2. The largest absolute Gasteiger partial charge is 0.488 e. The van der Waals surface area contributed by atoms with Crippen molar-refractivity contribution in [2.24, 2.45) is 0 Å². The van der Waals surface area contributed by atoms with E-state index < -0.39 is 11.5 Å². The number of benzene rings is 1. The lowest BCUT2D eigenvalue weighted by Crippen LogP contribution is -2.32. The lowest BCUT2D eigenvalue weighted by molar-refractivity contribution is 0.0991. The van der Waals surface area contributed by atoms with Crippen LogP contribution in [0.25, 0.3) is 5.13 Å². The summed E-state index contributed by atoms with van der Waals surface area (Å²) in [7, 11) is 2.95. The molecule has 4 rings (SSSR count). The van der Waals surface area contributed by atoms with Crippen LogP contribution in [-0.2, 0) is 16.1 Å². The van der Waals surface area contributed by atoms with Gasteiger partial charge in [-0.15, -0.1) is 10.2 Å². The summed E-state index contributed by atoms with van der Waals surface area (Å²) in [5, 5.41) is 15.6. The smallest absolute Gasteiger partial charge is 0.381 e. The van der Waals surface area contributed by atoms with Crippen molar-refractivity contribution in [1.82, 2.24) is 20.0 Å².